The van der Waals surface area contributed by atoms with Crippen molar-refractivity contribution in [2.75, 3.05) is 27.4 Å². The number of ether oxygens (including phenoxy) is 2. The zero-order valence-electron chi connectivity index (χ0n) is 11.1. The predicted octanol–water partition coefficient (Wildman–Crippen LogP) is 2.06. The van der Waals surface area contributed by atoms with E-state index in [2.05, 4.69) is 33.0 Å². The van der Waals surface area contributed by atoms with Crippen LogP contribution in [0.4, 0.5) is 0 Å². The van der Waals surface area contributed by atoms with Crippen LogP contribution in [0.1, 0.15) is 34.1 Å². The summed E-state index contributed by atoms with van der Waals surface area (Å²) in [4.78, 5) is 0. The van der Waals surface area contributed by atoms with Crippen LogP contribution in [0.2, 0.25) is 0 Å². The standard InChI is InChI=1S/C12H27NO2/c1-10(9-11(2)13-5)12(3,4)15-8-7-14-6/h10-11,13H,7-9H2,1-6H3. The second-order valence-corrected chi connectivity index (χ2v) is 4.77. The number of rotatable bonds is 8. The molecule has 0 saturated carbocycles. The second-order valence-electron chi connectivity index (χ2n) is 4.77. The molecule has 2 atom stereocenters. The highest BCUT2D eigenvalue weighted by molar-refractivity contribution is 4.79. The topological polar surface area (TPSA) is 30.5 Å². The van der Waals surface area contributed by atoms with Gasteiger partial charge in [-0.25, -0.2) is 0 Å². The van der Waals surface area contributed by atoms with Crippen LogP contribution >= 0.6 is 0 Å². The highest BCUT2D eigenvalue weighted by atomic mass is 16.5. The normalized spacial score (nSPS) is 16.4. The Balaban J connectivity index is 3.95. The van der Waals surface area contributed by atoms with Crippen molar-refractivity contribution in [3.8, 4) is 0 Å². The van der Waals surface area contributed by atoms with Gasteiger partial charge in [0.25, 0.3) is 0 Å². The number of hydrogen-bond acceptors (Lipinski definition) is 3. The van der Waals surface area contributed by atoms with Crippen LogP contribution < -0.4 is 5.32 Å². The molecule has 0 aliphatic heterocycles. The van der Waals surface area contributed by atoms with Gasteiger partial charge in [0.15, 0.2) is 0 Å². The first-order valence-electron chi connectivity index (χ1n) is 5.74. The van der Waals surface area contributed by atoms with Crippen LogP contribution in [-0.2, 0) is 9.47 Å². The summed E-state index contributed by atoms with van der Waals surface area (Å²) >= 11 is 0. The van der Waals surface area contributed by atoms with E-state index in [9.17, 15) is 0 Å². The molecule has 0 heterocycles. The van der Waals surface area contributed by atoms with Crippen LogP contribution in [0.15, 0.2) is 0 Å². The van der Waals surface area contributed by atoms with Gasteiger partial charge in [0, 0.05) is 13.2 Å². The Hall–Kier alpha value is -0.120. The van der Waals surface area contributed by atoms with Crippen LogP contribution in [-0.4, -0.2) is 39.0 Å². The molecule has 0 fully saturated rings. The van der Waals surface area contributed by atoms with Gasteiger partial charge in [0.05, 0.1) is 18.8 Å². The Morgan fingerprint density at radius 2 is 1.80 bits per heavy atom. The van der Waals surface area contributed by atoms with Crippen LogP contribution in [0.5, 0.6) is 0 Å². The van der Waals surface area contributed by atoms with Crippen LogP contribution in [0, 0.1) is 5.92 Å². The van der Waals surface area contributed by atoms with Crippen molar-refractivity contribution < 1.29 is 9.47 Å². The van der Waals surface area contributed by atoms with Gasteiger partial charge in [-0.15, -0.1) is 0 Å². The van der Waals surface area contributed by atoms with E-state index in [4.69, 9.17) is 9.47 Å². The van der Waals surface area contributed by atoms with Gasteiger partial charge in [-0.2, -0.15) is 0 Å². The minimum absolute atomic E-state index is 0.0797. The average molecular weight is 217 g/mol. The Kier molecular flexibility index (Phi) is 7.14. The van der Waals surface area contributed by atoms with Gasteiger partial charge < -0.3 is 14.8 Å². The highest BCUT2D eigenvalue weighted by Gasteiger charge is 2.27. The maximum absolute atomic E-state index is 5.82. The molecule has 3 nitrogen and oxygen atoms in total. The van der Waals surface area contributed by atoms with E-state index in [-0.39, 0.29) is 5.60 Å². The second kappa shape index (κ2) is 7.20. The Bertz CT molecular complexity index is 160. The lowest BCUT2D eigenvalue weighted by molar-refractivity contribution is -0.0741. The van der Waals surface area contributed by atoms with E-state index < -0.39 is 0 Å². The van der Waals surface area contributed by atoms with E-state index in [0.29, 0.717) is 25.2 Å². The van der Waals surface area contributed by atoms with Gasteiger partial charge >= 0.3 is 0 Å². The fourth-order valence-corrected chi connectivity index (χ4v) is 1.46. The highest BCUT2D eigenvalue weighted by Crippen LogP contribution is 2.25. The Morgan fingerprint density at radius 3 is 2.27 bits per heavy atom. The number of methoxy groups -OCH3 is 1. The van der Waals surface area contributed by atoms with Gasteiger partial charge in [0.1, 0.15) is 0 Å². The third-order valence-electron chi connectivity index (χ3n) is 3.15. The molecule has 0 aliphatic carbocycles. The van der Waals surface area contributed by atoms with Crippen LogP contribution in [0.25, 0.3) is 0 Å². The lowest BCUT2D eigenvalue weighted by Crippen LogP contribution is -2.37. The smallest absolute Gasteiger partial charge is 0.0707 e. The van der Waals surface area contributed by atoms with Crippen molar-refractivity contribution in [2.45, 2.75) is 45.8 Å². The van der Waals surface area contributed by atoms with E-state index in [1.807, 2.05) is 7.05 Å². The zero-order valence-corrected chi connectivity index (χ0v) is 11.1. The zero-order chi connectivity index (χ0) is 11.9. The summed E-state index contributed by atoms with van der Waals surface area (Å²) in [5.41, 5.74) is -0.0797. The molecule has 92 valence electrons. The van der Waals surface area contributed by atoms with Crippen molar-refractivity contribution in [3.05, 3.63) is 0 Å². The van der Waals surface area contributed by atoms with Crippen LogP contribution in [0.3, 0.4) is 0 Å². The van der Waals surface area contributed by atoms with E-state index in [0.717, 1.165) is 6.42 Å². The lowest BCUT2D eigenvalue weighted by Gasteiger charge is -2.33. The first kappa shape index (κ1) is 14.9. The average Bonchev–Trinajstić information content (AvgIpc) is 2.17. The summed E-state index contributed by atoms with van der Waals surface area (Å²) in [6, 6.07) is 0.533. The van der Waals surface area contributed by atoms with Crippen molar-refractivity contribution in [2.24, 2.45) is 5.92 Å². The fourth-order valence-electron chi connectivity index (χ4n) is 1.46. The van der Waals surface area contributed by atoms with Crippen molar-refractivity contribution >= 4 is 0 Å². The van der Waals surface area contributed by atoms with E-state index in [1.54, 1.807) is 7.11 Å². The van der Waals surface area contributed by atoms with Crippen molar-refractivity contribution in [1.29, 1.82) is 0 Å². The number of nitrogens with one attached hydrogen (secondary N) is 1. The summed E-state index contributed by atoms with van der Waals surface area (Å²) in [6.07, 6.45) is 1.12. The Labute approximate surface area is 94.5 Å². The van der Waals surface area contributed by atoms with E-state index >= 15 is 0 Å². The third kappa shape index (κ3) is 6.13. The molecule has 0 aromatic rings. The van der Waals surface area contributed by atoms with Gasteiger partial charge in [-0.1, -0.05) is 6.92 Å². The summed E-state index contributed by atoms with van der Waals surface area (Å²) < 4.78 is 10.8. The van der Waals surface area contributed by atoms with Crippen molar-refractivity contribution in [3.63, 3.8) is 0 Å². The predicted molar refractivity (Wildman–Crippen MR) is 64.2 cm³/mol. The molecule has 0 radical (unpaired) electrons. The van der Waals surface area contributed by atoms with Crippen molar-refractivity contribution in [1.82, 2.24) is 5.32 Å². The molecule has 0 spiro atoms. The molecule has 0 aromatic heterocycles. The monoisotopic (exact) mass is 217 g/mol. The summed E-state index contributed by atoms with van der Waals surface area (Å²) in [7, 11) is 3.69. The molecule has 0 rings (SSSR count). The first-order chi connectivity index (χ1) is 6.94. The largest absolute Gasteiger partial charge is 0.382 e. The van der Waals surface area contributed by atoms with Gasteiger partial charge in [-0.05, 0) is 40.2 Å². The molecule has 0 aromatic carbocycles. The molecule has 0 amide bonds. The Morgan fingerprint density at radius 1 is 1.20 bits per heavy atom. The summed E-state index contributed by atoms with van der Waals surface area (Å²) in [5.74, 6) is 0.525. The van der Waals surface area contributed by atoms with Gasteiger partial charge in [-0.3, -0.25) is 0 Å². The number of hydrogen-bond donors (Lipinski definition) is 1. The molecule has 2 unspecified atom stereocenters. The third-order valence-corrected chi connectivity index (χ3v) is 3.15. The molecule has 0 bridgehead atoms. The fraction of sp³-hybridized carbons (Fsp3) is 1.00. The first-order valence-corrected chi connectivity index (χ1v) is 5.74. The summed E-state index contributed by atoms with van der Waals surface area (Å²) in [5, 5.41) is 3.25. The lowest BCUT2D eigenvalue weighted by atomic mass is 9.87. The quantitative estimate of drug-likeness (QED) is 0.631. The molecule has 0 aliphatic rings. The maximum atomic E-state index is 5.82. The molecular weight excluding hydrogens is 190 g/mol. The molecule has 3 heteroatoms. The molecule has 0 saturated heterocycles. The SMILES string of the molecule is CNC(C)CC(C)C(C)(C)OCCOC. The van der Waals surface area contributed by atoms with E-state index in [1.165, 1.54) is 0 Å². The summed E-state index contributed by atoms with van der Waals surface area (Å²) in [6.45, 7) is 10.1. The maximum Gasteiger partial charge on any atom is 0.0707 e. The van der Waals surface area contributed by atoms with Gasteiger partial charge in [0.2, 0.25) is 0 Å². The molecular formula is C12H27NO2. The minimum atomic E-state index is -0.0797. The molecule has 15 heavy (non-hydrogen) atoms. The molecule has 1 N–H and O–H groups in total. The minimum Gasteiger partial charge on any atom is -0.382 e.